The molecule has 5 heteroatoms. The van der Waals surface area contributed by atoms with E-state index in [0.717, 1.165) is 60.2 Å². The molecule has 0 amide bonds. The van der Waals surface area contributed by atoms with Crippen LogP contribution in [0.4, 0.5) is 0 Å². The largest absolute Gasteiger partial charge is 0.355 e. The molecule has 2 aromatic carbocycles. The maximum atomic E-state index is 10.2. The first-order valence-corrected chi connectivity index (χ1v) is 11.2. The summed E-state index contributed by atoms with van der Waals surface area (Å²) in [5, 5.41) is 10.2. The summed E-state index contributed by atoms with van der Waals surface area (Å²) in [5.41, 5.74) is 1.52. The number of hydrogen-bond donors (Lipinski definition) is 0. The van der Waals surface area contributed by atoms with Crippen molar-refractivity contribution in [1.29, 1.82) is 5.26 Å². The third-order valence-corrected chi connectivity index (χ3v) is 7.02. The molecule has 0 aromatic heterocycles. The molecule has 1 saturated heterocycles. The highest BCUT2D eigenvalue weighted by atomic mass is 32.2. The van der Waals surface area contributed by atoms with E-state index in [9.17, 15) is 5.26 Å². The zero-order valence-electron chi connectivity index (χ0n) is 16.4. The molecule has 0 atom stereocenters. The molecule has 0 aliphatic carbocycles. The van der Waals surface area contributed by atoms with Crippen LogP contribution in [0.5, 0.6) is 0 Å². The third kappa shape index (κ3) is 4.94. The zero-order valence-corrected chi connectivity index (χ0v) is 18.0. The summed E-state index contributed by atoms with van der Waals surface area (Å²) in [6.45, 7) is 4.16. The van der Waals surface area contributed by atoms with Gasteiger partial charge in [-0.3, -0.25) is 0 Å². The predicted molar refractivity (Wildman–Crippen MR) is 123 cm³/mol. The van der Waals surface area contributed by atoms with Gasteiger partial charge in [0.25, 0.3) is 0 Å². The van der Waals surface area contributed by atoms with E-state index in [1.807, 2.05) is 36.4 Å². The smallest absolute Gasteiger partial charge is 0.136 e. The van der Waals surface area contributed by atoms with Crippen molar-refractivity contribution in [3.05, 3.63) is 71.8 Å². The van der Waals surface area contributed by atoms with E-state index in [1.165, 1.54) is 0 Å². The van der Waals surface area contributed by atoms with Gasteiger partial charge >= 0.3 is 0 Å². The number of thiocarbonyl (C=S) groups is 1. The van der Waals surface area contributed by atoms with Crippen LogP contribution in [-0.4, -0.2) is 53.1 Å². The number of rotatable bonds is 6. The van der Waals surface area contributed by atoms with Crippen molar-refractivity contribution in [2.75, 3.05) is 39.0 Å². The Kier molecular flexibility index (Phi) is 7.50. The normalized spacial score (nSPS) is 15.2. The molecule has 0 bridgehead atoms. The molecule has 0 saturated carbocycles. The summed E-state index contributed by atoms with van der Waals surface area (Å²) in [4.78, 5) is 4.65. The van der Waals surface area contributed by atoms with Crippen molar-refractivity contribution in [2.45, 2.75) is 18.3 Å². The molecule has 1 aliphatic heterocycles. The molecule has 1 aliphatic rings. The van der Waals surface area contributed by atoms with Gasteiger partial charge in [0.05, 0.1) is 6.07 Å². The van der Waals surface area contributed by atoms with Gasteiger partial charge in [-0.1, -0.05) is 84.6 Å². The van der Waals surface area contributed by atoms with Gasteiger partial charge in [0.2, 0.25) is 0 Å². The number of piperazine rings is 1. The van der Waals surface area contributed by atoms with Gasteiger partial charge in [0, 0.05) is 31.9 Å². The van der Waals surface area contributed by atoms with Crippen molar-refractivity contribution >= 4 is 28.3 Å². The number of nitrogens with zero attached hydrogens (tertiary/aromatic N) is 3. The Morgan fingerprint density at radius 2 is 1.54 bits per heavy atom. The van der Waals surface area contributed by atoms with Gasteiger partial charge in [-0.2, -0.15) is 5.26 Å². The lowest BCUT2D eigenvalue weighted by atomic mass is 9.72. The van der Waals surface area contributed by atoms with Crippen LogP contribution in [0.25, 0.3) is 0 Å². The van der Waals surface area contributed by atoms with Gasteiger partial charge in [0.15, 0.2) is 0 Å². The highest BCUT2D eigenvalue weighted by Crippen LogP contribution is 2.36. The minimum Gasteiger partial charge on any atom is -0.355 e. The molecular formula is C23H27N3S2. The Morgan fingerprint density at radius 3 is 2.04 bits per heavy atom. The van der Waals surface area contributed by atoms with E-state index in [2.05, 4.69) is 47.2 Å². The minimum atomic E-state index is -0.613. The van der Waals surface area contributed by atoms with Crippen LogP contribution in [0.2, 0.25) is 0 Å². The first-order valence-electron chi connectivity index (χ1n) is 9.78. The van der Waals surface area contributed by atoms with Crippen molar-refractivity contribution in [3.8, 4) is 6.07 Å². The summed E-state index contributed by atoms with van der Waals surface area (Å²) in [5.74, 6) is 0.939. The second-order valence-corrected chi connectivity index (χ2v) is 8.99. The summed E-state index contributed by atoms with van der Waals surface area (Å²) >= 11 is 7.40. The molecule has 2 aromatic rings. The van der Waals surface area contributed by atoms with Crippen LogP contribution in [0.15, 0.2) is 60.7 Å². The minimum absolute atomic E-state index is 0.613. The summed E-state index contributed by atoms with van der Waals surface area (Å²) < 4.78 is 0.995. The average Bonchev–Trinajstić information content (AvgIpc) is 2.76. The lowest BCUT2D eigenvalue weighted by molar-refractivity contribution is 0.220. The van der Waals surface area contributed by atoms with Gasteiger partial charge in [-0.15, -0.1) is 0 Å². The lowest BCUT2D eigenvalue weighted by Gasteiger charge is -2.34. The van der Waals surface area contributed by atoms with Crippen LogP contribution in [-0.2, 0) is 5.41 Å². The molecule has 28 heavy (non-hydrogen) atoms. The molecule has 1 fully saturated rings. The Bertz CT molecular complexity index is 754. The molecular weight excluding hydrogens is 382 g/mol. The van der Waals surface area contributed by atoms with E-state index in [1.54, 1.807) is 11.8 Å². The van der Waals surface area contributed by atoms with Crippen molar-refractivity contribution < 1.29 is 0 Å². The lowest BCUT2D eigenvalue weighted by Crippen LogP contribution is -2.45. The Morgan fingerprint density at radius 1 is 1.00 bits per heavy atom. The Labute approximate surface area is 178 Å². The predicted octanol–water partition coefficient (Wildman–Crippen LogP) is 4.54. The van der Waals surface area contributed by atoms with E-state index >= 15 is 0 Å². The van der Waals surface area contributed by atoms with Crippen LogP contribution >= 0.6 is 24.0 Å². The molecule has 1 heterocycles. The maximum Gasteiger partial charge on any atom is 0.136 e. The fourth-order valence-corrected chi connectivity index (χ4v) is 4.92. The van der Waals surface area contributed by atoms with Crippen LogP contribution < -0.4 is 0 Å². The Balaban J connectivity index is 1.65. The number of likely N-dealkylation sites (N-methyl/N-ethyl adjacent to an activating group) is 1. The molecule has 0 unspecified atom stereocenters. The molecule has 3 rings (SSSR count). The van der Waals surface area contributed by atoms with Crippen LogP contribution in [0.1, 0.15) is 24.0 Å². The Hall–Kier alpha value is -1.87. The standard InChI is InChI=1S/C23H27N3S2/c1-25-14-16-26(17-15-25)22(27)28-18-8-13-23(19-24,20-9-4-2-5-10-20)21-11-6-3-7-12-21/h2-7,9-12H,8,13-18H2,1H3. The summed E-state index contributed by atoms with van der Waals surface area (Å²) in [7, 11) is 2.15. The highest BCUT2D eigenvalue weighted by Gasteiger charge is 2.33. The number of hydrogen-bond acceptors (Lipinski definition) is 4. The highest BCUT2D eigenvalue weighted by molar-refractivity contribution is 8.22. The van der Waals surface area contributed by atoms with Gasteiger partial charge in [0.1, 0.15) is 9.74 Å². The monoisotopic (exact) mass is 409 g/mol. The number of nitriles is 1. The van der Waals surface area contributed by atoms with Gasteiger partial charge in [-0.05, 0) is 31.0 Å². The molecule has 0 radical (unpaired) electrons. The average molecular weight is 410 g/mol. The van der Waals surface area contributed by atoms with E-state index in [-0.39, 0.29) is 0 Å². The van der Waals surface area contributed by atoms with Crippen molar-refractivity contribution in [2.24, 2.45) is 0 Å². The first-order chi connectivity index (χ1) is 13.7. The quantitative estimate of drug-likeness (QED) is 0.516. The fraction of sp³-hybridized carbons (Fsp3) is 0.391. The van der Waals surface area contributed by atoms with E-state index < -0.39 is 5.41 Å². The number of thioether (sulfide) groups is 1. The number of benzene rings is 2. The first kappa shape index (κ1) is 20.9. The molecule has 0 spiro atoms. The summed E-state index contributed by atoms with van der Waals surface area (Å²) in [6, 6.07) is 23.0. The second-order valence-electron chi connectivity index (χ2n) is 7.26. The molecule has 146 valence electrons. The topological polar surface area (TPSA) is 30.3 Å². The summed E-state index contributed by atoms with van der Waals surface area (Å²) in [6.07, 6.45) is 1.73. The second kappa shape index (κ2) is 10.1. The van der Waals surface area contributed by atoms with Crippen LogP contribution in [0.3, 0.4) is 0 Å². The van der Waals surface area contributed by atoms with Crippen LogP contribution in [0, 0.1) is 11.3 Å². The fourth-order valence-electron chi connectivity index (χ4n) is 3.66. The molecule has 0 N–H and O–H groups in total. The van der Waals surface area contributed by atoms with Gasteiger partial charge < -0.3 is 9.80 Å². The SMILES string of the molecule is CN1CCN(C(=S)SCCCC(C#N)(c2ccccc2)c2ccccc2)CC1. The van der Waals surface area contributed by atoms with E-state index in [4.69, 9.17) is 12.2 Å². The molecule has 3 nitrogen and oxygen atoms in total. The zero-order chi connectivity index (χ0) is 19.8. The maximum absolute atomic E-state index is 10.2. The van der Waals surface area contributed by atoms with Crippen molar-refractivity contribution in [3.63, 3.8) is 0 Å². The van der Waals surface area contributed by atoms with Gasteiger partial charge in [-0.25, -0.2) is 0 Å². The van der Waals surface area contributed by atoms with Crippen molar-refractivity contribution in [1.82, 2.24) is 9.80 Å². The van der Waals surface area contributed by atoms with E-state index in [0.29, 0.717) is 0 Å². The third-order valence-electron chi connectivity index (χ3n) is 5.41.